The van der Waals surface area contributed by atoms with Crippen LogP contribution in [-0.2, 0) is 33.5 Å². The van der Waals surface area contributed by atoms with Gasteiger partial charge in [-0.15, -0.1) is 0 Å². The molecule has 2 atom stereocenters. The van der Waals surface area contributed by atoms with Crippen LogP contribution in [0.15, 0.2) is 96.2 Å². The van der Waals surface area contributed by atoms with Crippen LogP contribution in [-0.4, -0.2) is 26.3 Å². The molecule has 2 unspecified atom stereocenters. The van der Waals surface area contributed by atoms with Crippen LogP contribution in [0, 0.1) is 0 Å². The van der Waals surface area contributed by atoms with Gasteiger partial charge in [-0.2, -0.15) is 0 Å². The Morgan fingerprint density at radius 1 is 0.839 bits per heavy atom. The molecular formula is C25H26N2O3S. The molecule has 0 saturated heterocycles. The molecule has 0 aliphatic carbocycles. The predicted molar refractivity (Wildman–Crippen MR) is 123 cm³/mol. The quantitative estimate of drug-likeness (QED) is 0.551. The number of oxime groups is 1. The third kappa shape index (κ3) is 6.26. The maximum Gasteiger partial charge on any atom is 0.216 e. The normalized spacial score (nSPS) is 17.0. The first-order chi connectivity index (χ1) is 15.1. The van der Waals surface area contributed by atoms with Crippen LogP contribution in [0.1, 0.15) is 23.1 Å². The van der Waals surface area contributed by atoms with Crippen LogP contribution in [0.5, 0.6) is 0 Å². The molecule has 3 aromatic carbocycles. The monoisotopic (exact) mass is 434 g/mol. The van der Waals surface area contributed by atoms with E-state index in [1.54, 1.807) is 0 Å². The fourth-order valence-electron chi connectivity index (χ4n) is 3.78. The average molecular weight is 435 g/mol. The molecule has 31 heavy (non-hydrogen) atoms. The summed E-state index contributed by atoms with van der Waals surface area (Å²) < 4.78 is 28.7. The van der Waals surface area contributed by atoms with E-state index in [1.165, 1.54) is 0 Å². The molecule has 0 amide bonds. The highest BCUT2D eigenvalue weighted by Crippen LogP contribution is 2.21. The van der Waals surface area contributed by atoms with E-state index in [1.807, 2.05) is 78.9 Å². The second-order valence-electron chi connectivity index (χ2n) is 7.83. The highest BCUT2D eigenvalue weighted by atomic mass is 32.2. The minimum atomic E-state index is -3.55. The molecule has 0 fully saturated rings. The number of nitrogens with zero attached hydrogens (tertiary/aromatic N) is 1. The summed E-state index contributed by atoms with van der Waals surface area (Å²) in [6.07, 6.45) is 1.49. The van der Waals surface area contributed by atoms with Crippen molar-refractivity contribution in [1.82, 2.24) is 4.72 Å². The predicted octanol–water partition coefficient (Wildman–Crippen LogP) is 4.10. The molecule has 0 radical (unpaired) electrons. The number of hydrogen-bond donors (Lipinski definition) is 1. The first-order valence-electron chi connectivity index (χ1n) is 10.4. The lowest BCUT2D eigenvalue weighted by Gasteiger charge is -2.23. The van der Waals surface area contributed by atoms with Gasteiger partial charge in [-0.3, -0.25) is 0 Å². The Hall–Kier alpha value is -2.96. The van der Waals surface area contributed by atoms with Gasteiger partial charge >= 0.3 is 0 Å². The van der Waals surface area contributed by atoms with Crippen LogP contribution >= 0.6 is 0 Å². The van der Waals surface area contributed by atoms with Crippen molar-refractivity contribution in [1.29, 1.82) is 0 Å². The molecule has 1 aliphatic rings. The van der Waals surface area contributed by atoms with Crippen molar-refractivity contribution in [3.05, 3.63) is 108 Å². The van der Waals surface area contributed by atoms with Crippen LogP contribution in [0.25, 0.3) is 0 Å². The largest absolute Gasteiger partial charge is 0.390 e. The Labute approximate surface area is 183 Å². The Balaban J connectivity index is 1.47. The number of rotatable bonds is 9. The Kier molecular flexibility index (Phi) is 6.79. The molecule has 6 heteroatoms. The van der Waals surface area contributed by atoms with Gasteiger partial charge in [0, 0.05) is 12.8 Å². The molecule has 1 heterocycles. The van der Waals surface area contributed by atoms with Crippen molar-refractivity contribution >= 4 is 15.7 Å². The summed E-state index contributed by atoms with van der Waals surface area (Å²) in [5.74, 6) is -0.0659. The lowest BCUT2D eigenvalue weighted by molar-refractivity contribution is 0.0615. The number of sulfonamides is 1. The summed E-state index contributed by atoms with van der Waals surface area (Å²) >= 11 is 0. The summed E-state index contributed by atoms with van der Waals surface area (Å²) in [7, 11) is -3.55. The fourth-order valence-corrected chi connectivity index (χ4v) is 5.19. The van der Waals surface area contributed by atoms with E-state index < -0.39 is 16.1 Å². The van der Waals surface area contributed by atoms with Crippen LogP contribution in [0.4, 0.5) is 0 Å². The van der Waals surface area contributed by atoms with Crippen LogP contribution < -0.4 is 4.72 Å². The second-order valence-corrected chi connectivity index (χ2v) is 9.58. The van der Waals surface area contributed by atoms with E-state index >= 15 is 0 Å². The molecular weight excluding hydrogens is 408 g/mol. The van der Waals surface area contributed by atoms with E-state index in [-0.39, 0.29) is 11.9 Å². The highest BCUT2D eigenvalue weighted by Gasteiger charge is 2.32. The number of benzene rings is 3. The van der Waals surface area contributed by atoms with Gasteiger partial charge in [0.25, 0.3) is 0 Å². The molecule has 0 aromatic heterocycles. The second kappa shape index (κ2) is 9.90. The van der Waals surface area contributed by atoms with Gasteiger partial charge in [-0.05, 0) is 23.1 Å². The van der Waals surface area contributed by atoms with E-state index in [0.29, 0.717) is 19.3 Å². The zero-order valence-corrected chi connectivity index (χ0v) is 18.0. The highest BCUT2D eigenvalue weighted by molar-refractivity contribution is 7.88. The number of hydrogen-bond acceptors (Lipinski definition) is 4. The van der Waals surface area contributed by atoms with Crippen molar-refractivity contribution in [2.24, 2.45) is 5.16 Å². The molecule has 0 spiro atoms. The molecule has 160 valence electrons. The fraction of sp³-hybridized carbons (Fsp3) is 0.240. The van der Waals surface area contributed by atoms with Crippen molar-refractivity contribution in [3.8, 4) is 0 Å². The molecule has 1 aliphatic heterocycles. The summed E-state index contributed by atoms with van der Waals surface area (Å²) in [4.78, 5) is 5.73. The maximum absolute atomic E-state index is 12.9. The van der Waals surface area contributed by atoms with Gasteiger partial charge in [0.05, 0.1) is 17.5 Å². The Morgan fingerprint density at radius 3 is 2.00 bits per heavy atom. The van der Waals surface area contributed by atoms with Gasteiger partial charge in [-0.25, -0.2) is 13.1 Å². The molecule has 0 bridgehead atoms. The smallest absolute Gasteiger partial charge is 0.216 e. The standard InChI is InChI=1S/C25H26N2O3S/c28-31(29,19-22-14-8-3-9-15-22)27-24(17-21-12-6-2-7-13-21)25-18-23(26-30-25)16-20-10-4-1-5-11-20/h1-15,24-25,27H,16-19H2. The van der Waals surface area contributed by atoms with Gasteiger partial charge in [0.2, 0.25) is 10.0 Å². The maximum atomic E-state index is 12.9. The summed E-state index contributed by atoms with van der Waals surface area (Å²) in [6.45, 7) is 0. The van der Waals surface area contributed by atoms with Gasteiger partial charge in [-0.1, -0.05) is 96.2 Å². The van der Waals surface area contributed by atoms with Crippen LogP contribution in [0.2, 0.25) is 0 Å². The minimum Gasteiger partial charge on any atom is -0.390 e. The summed E-state index contributed by atoms with van der Waals surface area (Å²) in [6, 6.07) is 28.7. The summed E-state index contributed by atoms with van der Waals surface area (Å²) in [5, 5.41) is 4.27. The van der Waals surface area contributed by atoms with E-state index in [0.717, 1.165) is 22.4 Å². The van der Waals surface area contributed by atoms with Crippen molar-refractivity contribution < 1.29 is 13.3 Å². The molecule has 4 rings (SSSR count). The molecule has 3 aromatic rings. The molecule has 1 N–H and O–H groups in total. The zero-order valence-electron chi connectivity index (χ0n) is 17.2. The lowest BCUT2D eigenvalue weighted by atomic mass is 9.97. The van der Waals surface area contributed by atoms with Gasteiger partial charge in [0.1, 0.15) is 6.10 Å². The zero-order chi connectivity index (χ0) is 21.5. The first-order valence-corrected chi connectivity index (χ1v) is 12.1. The molecule has 0 saturated carbocycles. The van der Waals surface area contributed by atoms with Crippen LogP contribution in [0.3, 0.4) is 0 Å². The molecule has 5 nitrogen and oxygen atoms in total. The van der Waals surface area contributed by atoms with E-state index in [4.69, 9.17) is 4.84 Å². The van der Waals surface area contributed by atoms with Crippen molar-refractivity contribution in [2.75, 3.05) is 0 Å². The van der Waals surface area contributed by atoms with E-state index in [9.17, 15) is 8.42 Å². The number of nitrogens with one attached hydrogen (secondary N) is 1. The minimum absolute atomic E-state index is 0.0659. The Bertz CT molecular complexity index is 1100. The topological polar surface area (TPSA) is 67.8 Å². The first kappa shape index (κ1) is 21.3. The SMILES string of the molecule is O=S(=O)(Cc1ccccc1)NC(Cc1ccccc1)C1CC(Cc2ccccc2)=NO1. The van der Waals surface area contributed by atoms with E-state index in [2.05, 4.69) is 22.0 Å². The summed E-state index contributed by atoms with van der Waals surface area (Å²) in [5.41, 5.74) is 3.89. The van der Waals surface area contributed by atoms with Gasteiger partial charge in [0.15, 0.2) is 0 Å². The van der Waals surface area contributed by atoms with Crippen molar-refractivity contribution in [2.45, 2.75) is 37.2 Å². The van der Waals surface area contributed by atoms with Crippen molar-refractivity contribution in [3.63, 3.8) is 0 Å². The Morgan fingerprint density at radius 2 is 1.39 bits per heavy atom. The lowest BCUT2D eigenvalue weighted by Crippen LogP contribution is -2.45. The third-order valence-corrected chi connectivity index (χ3v) is 6.66. The van der Waals surface area contributed by atoms with Gasteiger partial charge < -0.3 is 4.84 Å². The third-order valence-electron chi connectivity index (χ3n) is 5.28. The average Bonchev–Trinajstić information content (AvgIpc) is 3.23.